The summed E-state index contributed by atoms with van der Waals surface area (Å²) in [5, 5.41) is 1.06. The van der Waals surface area contributed by atoms with Gasteiger partial charge >= 0.3 is 0 Å². The van der Waals surface area contributed by atoms with Crippen LogP contribution in [0.2, 0.25) is 0 Å². The molecular weight excluding hydrogens is 328 g/mol. The third kappa shape index (κ3) is 2.25. The molecule has 5 rings (SSSR count). The summed E-state index contributed by atoms with van der Waals surface area (Å²) in [4.78, 5) is 22.0. The lowest BCUT2D eigenvalue weighted by Gasteiger charge is -2.30. The second-order valence-electron chi connectivity index (χ2n) is 8.51. The van der Waals surface area contributed by atoms with E-state index in [-0.39, 0.29) is 11.5 Å². The fourth-order valence-electron chi connectivity index (χ4n) is 5.43. The van der Waals surface area contributed by atoms with E-state index < -0.39 is 0 Å². The summed E-state index contributed by atoms with van der Waals surface area (Å²) < 4.78 is 8.41. The van der Waals surface area contributed by atoms with Gasteiger partial charge in [0.1, 0.15) is 11.3 Å². The molecule has 3 saturated heterocycles. The smallest absolute Gasteiger partial charge is 0.272 e. The van der Waals surface area contributed by atoms with Crippen molar-refractivity contribution in [3.63, 3.8) is 0 Å². The van der Waals surface area contributed by atoms with Crippen molar-refractivity contribution in [1.29, 1.82) is 0 Å². The van der Waals surface area contributed by atoms with Crippen LogP contribution in [0, 0.1) is 11.8 Å². The highest BCUT2D eigenvalue weighted by molar-refractivity contribution is 5.94. The van der Waals surface area contributed by atoms with Crippen LogP contribution in [-0.2, 0) is 11.8 Å². The van der Waals surface area contributed by atoms with Crippen LogP contribution < -0.4 is 0 Å². The number of aromatic nitrogens is 2. The number of aryl methyl sites for hydroxylation is 1. The number of nitrogens with zero attached hydrogens (tertiary/aromatic N) is 4. The van der Waals surface area contributed by atoms with Gasteiger partial charge in [-0.05, 0) is 45.1 Å². The first-order valence-corrected chi connectivity index (χ1v) is 9.51. The molecule has 6 nitrogen and oxygen atoms in total. The van der Waals surface area contributed by atoms with E-state index in [9.17, 15) is 4.79 Å². The van der Waals surface area contributed by atoms with Gasteiger partial charge in [0.15, 0.2) is 0 Å². The fourth-order valence-corrected chi connectivity index (χ4v) is 5.43. The summed E-state index contributed by atoms with van der Waals surface area (Å²) in [6, 6.07) is 5.86. The number of carbonyl (C=O) groups excluding carboxylic acids is 1. The van der Waals surface area contributed by atoms with Crippen LogP contribution in [0.25, 0.3) is 11.0 Å². The Hall–Kier alpha value is -1.92. The minimum atomic E-state index is -0.115. The zero-order valence-electron chi connectivity index (χ0n) is 15.7. The van der Waals surface area contributed by atoms with E-state index in [1.165, 1.54) is 0 Å². The predicted molar refractivity (Wildman–Crippen MR) is 99.0 cm³/mol. The van der Waals surface area contributed by atoms with Gasteiger partial charge in [0.25, 0.3) is 5.91 Å². The fraction of sp³-hybridized carbons (Fsp3) is 0.600. The first kappa shape index (κ1) is 16.3. The lowest BCUT2D eigenvalue weighted by atomic mass is 9.73. The van der Waals surface area contributed by atoms with Crippen molar-refractivity contribution < 1.29 is 9.53 Å². The summed E-state index contributed by atoms with van der Waals surface area (Å²) in [5.74, 6) is 1.01. The quantitative estimate of drug-likeness (QED) is 0.843. The molecule has 3 aliphatic rings. The highest BCUT2D eigenvalue weighted by Gasteiger charge is 2.63. The Morgan fingerprint density at radius 2 is 2.23 bits per heavy atom. The SMILES string of the molecule is CN(C)C[C@H]1[C@@H]2CC[C@@]3(CN(C(=O)c4ccc5ccn(C)c5n4)C[C@@H]13)O2. The second kappa shape index (κ2) is 5.54. The monoisotopic (exact) mass is 354 g/mol. The van der Waals surface area contributed by atoms with E-state index >= 15 is 0 Å². The minimum absolute atomic E-state index is 0.0347. The normalized spacial score (nSPS) is 32.8. The maximum absolute atomic E-state index is 13.1. The van der Waals surface area contributed by atoms with Crippen molar-refractivity contribution in [2.24, 2.45) is 18.9 Å². The molecule has 0 N–H and O–H groups in total. The Balaban J connectivity index is 1.41. The molecule has 4 atom stereocenters. The van der Waals surface area contributed by atoms with Gasteiger partial charge in [0, 0.05) is 43.6 Å². The van der Waals surface area contributed by atoms with E-state index in [1.54, 1.807) is 0 Å². The van der Waals surface area contributed by atoms with Crippen molar-refractivity contribution >= 4 is 16.9 Å². The van der Waals surface area contributed by atoms with E-state index in [4.69, 9.17) is 4.74 Å². The largest absolute Gasteiger partial charge is 0.369 e. The molecule has 0 saturated carbocycles. The molecule has 3 fully saturated rings. The Morgan fingerprint density at radius 3 is 3.04 bits per heavy atom. The number of rotatable bonds is 3. The first-order chi connectivity index (χ1) is 12.5. The number of amides is 1. The average molecular weight is 354 g/mol. The zero-order chi connectivity index (χ0) is 18.1. The van der Waals surface area contributed by atoms with E-state index in [0.29, 0.717) is 30.2 Å². The number of hydrogen-bond acceptors (Lipinski definition) is 4. The molecule has 1 spiro atoms. The molecule has 0 aromatic carbocycles. The van der Waals surface area contributed by atoms with Crippen LogP contribution in [0.1, 0.15) is 23.3 Å². The van der Waals surface area contributed by atoms with Gasteiger partial charge < -0.3 is 19.1 Å². The summed E-state index contributed by atoms with van der Waals surface area (Å²) in [6.07, 6.45) is 4.56. The number of likely N-dealkylation sites (tertiary alicyclic amines) is 1. The minimum Gasteiger partial charge on any atom is -0.369 e. The van der Waals surface area contributed by atoms with Crippen LogP contribution in [0.15, 0.2) is 24.4 Å². The summed E-state index contributed by atoms with van der Waals surface area (Å²) in [5.41, 5.74) is 1.28. The Labute approximate surface area is 153 Å². The molecular formula is C20H26N4O2. The van der Waals surface area contributed by atoms with E-state index in [0.717, 1.165) is 37.0 Å². The second-order valence-corrected chi connectivity index (χ2v) is 8.51. The average Bonchev–Trinajstić information content (AvgIpc) is 3.35. The van der Waals surface area contributed by atoms with Gasteiger partial charge in [-0.2, -0.15) is 0 Å². The highest BCUT2D eigenvalue weighted by atomic mass is 16.5. The van der Waals surface area contributed by atoms with Gasteiger partial charge in [-0.25, -0.2) is 4.98 Å². The molecule has 0 radical (unpaired) electrons. The molecule has 2 aromatic heterocycles. The van der Waals surface area contributed by atoms with Gasteiger partial charge in [0.2, 0.25) is 0 Å². The zero-order valence-corrected chi connectivity index (χ0v) is 15.7. The van der Waals surface area contributed by atoms with E-state index in [2.05, 4.69) is 24.0 Å². The van der Waals surface area contributed by atoms with Crippen LogP contribution >= 0.6 is 0 Å². The van der Waals surface area contributed by atoms with Crippen LogP contribution in [0.4, 0.5) is 0 Å². The number of carbonyl (C=O) groups is 1. The van der Waals surface area contributed by atoms with Gasteiger partial charge in [-0.15, -0.1) is 0 Å². The molecule has 138 valence electrons. The number of ether oxygens (including phenoxy) is 1. The summed E-state index contributed by atoms with van der Waals surface area (Å²) in [7, 11) is 6.20. The van der Waals surface area contributed by atoms with Gasteiger partial charge in [-0.3, -0.25) is 4.79 Å². The molecule has 5 heterocycles. The van der Waals surface area contributed by atoms with Crippen LogP contribution in [0.5, 0.6) is 0 Å². The third-order valence-corrected chi connectivity index (χ3v) is 6.58. The lowest BCUT2D eigenvalue weighted by molar-refractivity contribution is 0.00250. The Kier molecular flexibility index (Phi) is 3.46. The highest BCUT2D eigenvalue weighted by Crippen LogP contribution is 2.55. The van der Waals surface area contributed by atoms with Crippen LogP contribution in [0.3, 0.4) is 0 Å². The molecule has 6 heteroatoms. The molecule has 26 heavy (non-hydrogen) atoms. The molecule has 0 aliphatic carbocycles. The Morgan fingerprint density at radius 1 is 1.38 bits per heavy atom. The summed E-state index contributed by atoms with van der Waals surface area (Å²) >= 11 is 0. The van der Waals surface area contributed by atoms with Crippen LogP contribution in [-0.4, -0.2) is 70.7 Å². The first-order valence-electron chi connectivity index (χ1n) is 9.51. The summed E-state index contributed by atoms with van der Waals surface area (Å²) in [6.45, 7) is 2.54. The molecule has 1 amide bonds. The Bertz CT molecular complexity index is 876. The standard InChI is InChI=1S/C20H26N4O2/c1-22(2)10-14-15-11-24(12-20(15)8-6-17(14)26-20)19(25)16-5-4-13-7-9-23(3)18(13)21-16/h4-5,7,9,14-15,17H,6,8,10-12H2,1-3H3/t14-,15+,17+,20+/m1/s1. The third-order valence-electron chi connectivity index (χ3n) is 6.58. The van der Waals surface area contributed by atoms with Crippen molar-refractivity contribution in [1.82, 2.24) is 19.4 Å². The predicted octanol–water partition coefficient (Wildman–Crippen LogP) is 1.75. The van der Waals surface area contributed by atoms with Crippen molar-refractivity contribution in [2.75, 3.05) is 33.7 Å². The molecule has 2 bridgehead atoms. The van der Waals surface area contributed by atoms with Crippen molar-refractivity contribution in [2.45, 2.75) is 24.5 Å². The number of fused-ring (bicyclic) bond motifs is 2. The van der Waals surface area contributed by atoms with Gasteiger partial charge in [0.05, 0.1) is 18.2 Å². The van der Waals surface area contributed by atoms with Gasteiger partial charge in [-0.1, -0.05) is 0 Å². The molecule has 2 aromatic rings. The lowest BCUT2D eigenvalue weighted by Crippen LogP contribution is -2.40. The molecule has 0 unspecified atom stereocenters. The van der Waals surface area contributed by atoms with Crippen molar-refractivity contribution in [3.05, 3.63) is 30.1 Å². The number of pyridine rings is 1. The van der Waals surface area contributed by atoms with Crippen molar-refractivity contribution in [3.8, 4) is 0 Å². The van der Waals surface area contributed by atoms with E-state index in [1.807, 2.05) is 40.9 Å². The maximum atomic E-state index is 13.1. The maximum Gasteiger partial charge on any atom is 0.272 e. The topological polar surface area (TPSA) is 50.6 Å². The molecule has 3 aliphatic heterocycles. The number of hydrogen-bond donors (Lipinski definition) is 0.